The summed E-state index contributed by atoms with van der Waals surface area (Å²) in [4.78, 5) is 10.6. The molecule has 3 heteroatoms. The van der Waals surface area contributed by atoms with Crippen LogP contribution in [0.1, 0.15) is 0 Å². The van der Waals surface area contributed by atoms with Crippen molar-refractivity contribution < 1.29 is 4.79 Å². The molecule has 0 saturated carbocycles. The van der Waals surface area contributed by atoms with Gasteiger partial charge in [-0.05, 0) is 0 Å². The van der Waals surface area contributed by atoms with Gasteiger partial charge in [-0.25, -0.2) is 0 Å². The normalized spacial score (nSPS) is 28.1. The number of β-lactam (4-membered cyclic amide) rings is 1. The average molecular weight is 146 g/mol. The molecule has 1 heterocycles. The Labute approximate surface area is 58.9 Å². The van der Waals surface area contributed by atoms with Gasteiger partial charge >= 0.3 is 0 Å². The van der Waals surface area contributed by atoms with Gasteiger partial charge in [0.05, 0.1) is 11.3 Å². The molecule has 0 radical (unpaired) electrons. The zero-order valence-corrected chi connectivity index (χ0v) is 5.69. The van der Waals surface area contributed by atoms with E-state index in [0.717, 1.165) is 0 Å². The van der Waals surface area contributed by atoms with Crippen LogP contribution in [0.5, 0.6) is 0 Å². The molecule has 1 amide bonds. The number of nitrogens with one attached hydrogen (secondary N) is 1. The summed E-state index contributed by atoms with van der Waals surface area (Å²) in [5.74, 6) is -0.000864. The molecule has 1 aliphatic rings. The Kier molecular flexibility index (Phi) is 1.76. The van der Waals surface area contributed by atoms with E-state index in [1.807, 2.05) is 0 Å². The fourth-order valence-electron chi connectivity index (χ4n) is 0.725. The minimum Gasteiger partial charge on any atom is -0.355 e. The van der Waals surface area contributed by atoms with Gasteiger partial charge in [-0.2, -0.15) is 0 Å². The van der Waals surface area contributed by atoms with Gasteiger partial charge in [-0.3, -0.25) is 4.79 Å². The van der Waals surface area contributed by atoms with Crippen LogP contribution in [0.4, 0.5) is 0 Å². The summed E-state index contributed by atoms with van der Waals surface area (Å²) in [6.07, 6.45) is 1.59. The second kappa shape index (κ2) is 2.40. The number of alkyl halides is 1. The molecule has 2 atom stereocenters. The quantitative estimate of drug-likeness (QED) is 0.343. The van der Waals surface area contributed by atoms with Crippen molar-refractivity contribution in [2.24, 2.45) is 5.92 Å². The van der Waals surface area contributed by atoms with Gasteiger partial charge in [0.1, 0.15) is 0 Å². The first-order valence-corrected chi connectivity index (χ1v) is 3.23. The van der Waals surface area contributed by atoms with E-state index in [4.69, 9.17) is 11.6 Å². The first-order valence-electron chi connectivity index (χ1n) is 2.80. The van der Waals surface area contributed by atoms with Crippen LogP contribution >= 0.6 is 11.6 Å². The SMILES string of the molecule is C=CC(Cl)C1CNC1=O. The van der Waals surface area contributed by atoms with Crippen LogP contribution in [0.25, 0.3) is 0 Å². The molecule has 1 rings (SSSR count). The number of hydrogen-bond acceptors (Lipinski definition) is 1. The van der Waals surface area contributed by atoms with Crippen molar-refractivity contribution in [2.75, 3.05) is 6.54 Å². The van der Waals surface area contributed by atoms with Gasteiger partial charge in [0.15, 0.2) is 0 Å². The van der Waals surface area contributed by atoms with E-state index in [1.165, 1.54) is 0 Å². The van der Waals surface area contributed by atoms with Crippen LogP contribution in [0, 0.1) is 5.92 Å². The lowest BCUT2D eigenvalue weighted by molar-refractivity contribution is -0.130. The second-order valence-electron chi connectivity index (χ2n) is 2.03. The highest BCUT2D eigenvalue weighted by Crippen LogP contribution is 2.16. The third-order valence-electron chi connectivity index (χ3n) is 1.44. The summed E-state index contributed by atoms with van der Waals surface area (Å²) in [5.41, 5.74) is 0. The Morgan fingerprint density at radius 2 is 2.67 bits per heavy atom. The minimum absolute atomic E-state index is 0.0369. The highest BCUT2D eigenvalue weighted by molar-refractivity contribution is 6.23. The molecule has 1 aliphatic heterocycles. The summed E-state index contributed by atoms with van der Waals surface area (Å²) >= 11 is 5.68. The third kappa shape index (κ3) is 1.08. The van der Waals surface area contributed by atoms with Gasteiger partial charge in [0.2, 0.25) is 5.91 Å². The Morgan fingerprint density at radius 3 is 2.78 bits per heavy atom. The van der Waals surface area contributed by atoms with E-state index < -0.39 is 0 Å². The van der Waals surface area contributed by atoms with Crippen molar-refractivity contribution in [3.63, 3.8) is 0 Å². The second-order valence-corrected chi connectivity index (χ2v) is 2.54. The molecule has 0 aromatic heterocycles. The topological polar surface area (TPSA) is 29.1 Å². The predicted octanol–water partition coefficient (Wildman–Crippen LogP) is 0.526. The Bertz CT molecular complexity index is 146. The zero-order chi connectivity index (χ0) is 6.85. The molecular formula is C6H8ClNO. The van der Waals surface area contributed by atoms with Crippen LogP contribution in [-0.2, 0) is 4.79 Å². The van der Waals surface area contributed by atoms with Crippen molar-refractivity contribution in [3.05, 3.63) is 12.7 Å². The Morgan fingerprint density at radius 1 is 2.00 bits per heavy atom. The standard InChI is InChI=1S/C6H8ClNO/c1-2-5(7)4-3-8-6(4)9/h2,4-5H,1,3H2,(H,8,9). The number of allylic oxidation sites excluding steroid dienone is 1. The third-order valence-corrected chi connectivity index (χ3v) is 1.92. The molecule has 0 aromatic rings. The molecule has 1 N–H and O–H groups in total. The smallest absolute Gasteiger partial charge is 0.226 e. The maximum atomic E-state index is 10.6. The van der Waals surface area contributed by atoms with Gasteiger partial charge in [-0.1, -0.05) is 6.08 Å². The number of carbonyl (C=O) groups excluding carboxylic acids is 1. The van der Waals surface area contributed by atoms with Crippen LogP contribution in [0.15, 0.2) is 12.7 Å². The predicted molar refractivity (Wildman–Crippen MR) is 36.3 cm³/mol. The number of rotatable bonds is 2. The van der Waals surface area contributed by atoms with E-state index >= 15 is 0 Å². The summed E-state index contributed by atoms with van der Waals surface area (Å²) in [6, 6.07) is 0. The lowest BCUT2D eigenvalue weighted by Gasteiger charge is -2.27. The fourth-order valence-corrected chi connectivity index (χ4v) is 0.928. The van der Waals surface area contributed by atoms with Gasteiger partial charge in [0.25, 0.3) is 0 Å². The van der Waals surface area contributed by atoms with Crippen LogP contribution in [-0.4, -0.2) is 17.8 Å². The maximum Gasteiger partial charge on any atom is 0.226 e. The molecule has 0 bridgehead atoms. The molecule has 2 unspecified atom stereocenters. The molecule has 9 heavy (non-hydrogen) atoms. The summed E-state index contributed by atoms with van der Waals surface area (Å²) < 4.78 is 0. The summed E-state index contributed by atoms with van der Waals surface area (Å²) in [5, 5.41) is 2.41. The number of halogens is 1. The lowest BCUT2D eigenvalue weighted by Crippen LogP contribution is -2.52. The molecule has 0 spiro atoms. The largest absolute Gasteiger partial charge is 0.355 e. The van der Waals surface area contributed by atoms with Gasteiger partial charge in [0, 0.05) is 6.54 Å². The van der Waals surface area contributed by atoms with Crippen molar-refractivity contribution >= 4 is 17.5 Å². The molecule has 50 valence electrons. The molecular weight excluding hydrogens is 138 g/mol. The summed E-state index contributed by atoms with van der Waals surface area (Å²) in [6.45, 7) is 4.18. The van der Waals surface area contributed by atoms with E-state index in [2.05, 4.69) is 11.9 Å². The van der Waals surface area contributed by atoms with Crippen LogP contribution in [0.2, 0.25) is 0 Å². The molecule has 0 aliphatic carbocycles. The lowest BCUT2D eigenvalue weighted by atomic mass is 9.98. The Hall–Kier alpha value is -0.500. The van der Waals surface area contributed by atoms with Gasteiger partial charge in [-0.15, -0.1) is 18.2 Å². The molecule has 1 saturated heterocycles. The first kappa shape index (κ1) is 6.62. The fraction of sp³-hybridized carbons (Fsp3) is 0.500. The van der Waals surface area contributed by atoms with E-state index in [-0.39, 0.29) is 17.2 Å². The van der Waals surface area contributed by atoms with Crippen molar-refractivity contribution in [3.8, 4) is 0 Å². The Balaban J connectivity index is 2.43. The molecule has 0 aromatic carbocycles. The van der Waals surface area contributed by atoms with E-state index in [0.29, 0.717) is 6.54 Å². The maximum absolute atomic E-state index is 10.6. The van der Waals surface area contributed by atoms with Gasteiger partial charge < -0.3 is 5.32 Å². The summed E-state index contributed by atoms with van der Waals surface area (Å²) in [7, 11) is 0. The van der Waals surface area contributed by atoms with E-state index in [9.17, 15) is 4.79 Å². The van der Waals surface area contributed by atoms with Crippen molar-refractivity contribution in [2.45, 2.75) is 5.38 Å². The number of carbonyl (C=O) groups is 1. The first-order chi connectivity index (χ1) is 4.25. The van der Waals surface area contributed by atoms with Crippen molar-refractivity contribution in [1.29, 1.82) is 0 Å². The molecule has 1 fully saturated rings. The minimum atomic E-state index is -0.196. The highest BCUT2D eigenvalue weighted by atomic mass is 35.5. The number of amides is 1. The monoisotopic (exact) mass is 145 g/mol. The van der Waals surface area contributed by atoms with Crippen LogP contribution < -0.4 is 5.32 Å². The highest BCUT2D eigenvalue weighted by Gasteiger charge is 2.32. The number of hydrogen-bond donors (Lipinski definition) is 1. The van der Waals surface area contributed by atoms with E-state index in [1.54, 1.807) is 6.08 Å². The average Bonchev–Trinajstić information content (AvgIpc) is 1.84. The van der Waals surface area contributed by atoms with Crippen molar-refractivity contribution in [1.82, 2.24) is 5.32 Å². The van der Waals surface area contributed by atoms with Crippen LogP contribution in [0.3, 0.4) is 0 Å². The molecule has 2 nitrogen and oxygen atoms in total. The zero-order valence-electron chi connectivity index (χ0n) is 4.93.